The van der Waals surface area contributed by atoms with Gasteiger partial charge in [0.2, 0.25) is 0 Å². The fourth-order valence-corrected chi connectivity index (χ4v) is 2.43. The number of nitro groups is 2. The minimum absolute atomic E-state index is 0.0498. The number of halogens is 2. The van der Waals surface area contributed by atoms with Crippen LogP contribution in [-0.4, -0.2) is 9.85 Å². The number of hydrogen-bond donors (Lipinski definition) is 2. The Morgan fingerprint density at radius 1 is 0.826 bits per heavy atom. The molecular weight excluding hydrogens is 347 g/mol. The molecule has 10 heteroatoms. The van der Waals surface area contributed by atoms with Crippen molar-refractivity contribution in [1.82, 2.24) is 0 Å². The molecule has 2 aromatic rings. The molecule has 0 aromatic heterocycles. The Kier molecular flexibility index (Phi) is 4.31. The average molecular weight is 357 g/mol. The van der Waals surface area contributed by atoms with Crippen LogP contribution in [0.4, 0.5) is 22.7 Å². The molecule has 2 rings (SSSR count). The highest BCUT2D eigenvalue weighted by atomic mass is 35.5. The Hall–Kier alpha value is -2.58. The Labute approximate surface area is 139 Å². The summed E-state index contributed by atoms with van der Waals surface area (Å²) < 4.78 is -1.75. The lowest BCUT2D eigenvalue weighted by atomic mass is 10.0. The van der Waals surface area contributed by atoms with Crippen LogP contribution in [0.3, 0.4) is 0 Å². The van der Waals surface area contributed by atoms with Gasteiger partial charge in [0.25, 0.3) is 11.4 Å². The van der Waals surface area contributed by atoms with Crippen LogP contribution >= 0.6 is 23.2 Å². The van der Waals surface area contributed by atoms with Gasteiger partial charge in [-0.25, -0.2) is 0 Å². The summed E-state index contributed by atoms with van der Waals surface area (Å²) in [5, 5.41) is 21.9. The maximum atomic E-state index is 11.0. The number of nitrogens with zero attached hydrogens (tertiary/aromatic N) is 2. The molecule has 0 heterocycles. The minimum Gasteiger partial charge on any atom is -0.393 e. The smallest absolute Gasteiger partial charge is 0.292 e. The Bertz CT molecular complexity index is 745. The van der Waals surface area contributed by atoms with Gasteiger partial charge in [-0.15, -0.1) is 0 Å². The molecule has 0 amide bonds. The molecule has 0 unspecified atom stereocenters. The molecule has 23 heavy (non-hydrogen) atoms. The summed E-state index contributed by atoms with van der Waals surface area (Å²) >= 11 is 12.6. The maximum absolute atomic E-state index is 11.0. The van der Waals surface area contributed by atoms with E-state index in [1.807, 2.05) is 0 Å². The van der Waals surface area contributed by atoms with E-state index in [4.69, 9.17) is 34.7 Å². The first-order valence-electron chi connectivity index (χ1n) is 6.11. The third-order valence-corrected chi connectivity index (χ3v) is 4.05. The van der Waals surface area contributed by atoms with Crippen molar-refractivity contribution in [2.75, 3.05) is 11.5 Å². The summed E-state index contributed by atoms with van der Waals surface area (Å²) in [6.07, 6.45) is 0. The van der Waals surface area contributed by atoms with Gasteiger partial charge < -0.3 is 11.5 Å². The third kappa shape index (κ3) is 3.13. The molecule has 8 nitrogen and oxygen atoms in total. The quantitative estimate of drug-likeness (QED) is 0.372. The van der Waals surface area contributed by atoms with Gasteiger partial charge in [-0.1, -0.05) is 35.3 Å². The van der Waals surface area contributed by atoms with E-state index in [1.165, 1.54) is 24.3 Å². The van der Waals surface area contributed by atoms with Gasteiger partial charge in [0.1, 0.15) is 11.4 Å². The molecule has 4 N–H and O–H groups in total. The van der Waals surface area contributed by atoms with Crippen LogP contribution in [0.25, 0.3) is 0 Å². The van der Waals surface area contributed by atoms with Crippen molar-refractivity contribution in [3.05, 3.63) is 67.8 Å². The summed E-state index contributed by atoms with van der Waals surface area (Å²) in [6, 6.07) is 7.64. The van der Waals surface area contributed by atoms with Gasteiger partial charge in [0, 0.05) is 12.1 Å². The molecule has 0 aliphatic rings. The standard InChI is InChI=1S/C13H10Cl2N4O4/c14-13(15,7-1-3-9(16)11(5-7)18(20)21)8-2-4-10(17)12(6-8)19(22)23/h1-6H,16-17H2. The average Bonchev–Trinajstić information content (AvgIpc) is 2.47. The van der Waals surface area contributed by atoms with Crippen LogP contribution in [0.2, 0.25) is 0 Å². The van der Waals surface area contributed by atoms with Crippen LogP contribution < -0.4 is 11.5 Å². The summed E-state index contributed by atoms with van der Waals surface area (Å²) in [7, 11) is 0. The van der Waals surface area contributed by atoms with Crippen molar-refractivity contribution in [2.45, 2.75) is 4.33 Å². The highest BCUT2D eigenvalue weighted by Crippen LogP contribution is 2.44. The monoisotopic (exact) mass is 356 g/mol. The zero-order chi connectivity index (χ0) is 17.4. The van der Waals surface area contributed by atoms with E-state index in [0.29, 0.717) is 0 Å². The van der Waals surface area contributed by atoms with Gasteiger partial charge in [-0.05, 0) is 23.3 Å². The third-order valence-electron chi connectivity index (χ3n) is 3.18. The van der Waals surface area contributed by atoms with Crippen molar-refractivity contribution in [1.29, 1.82) is 0 Å². The van der Waals surface area contributed by atoms with E-state index in [-0.39, 0.29) is 33.9 Å². The number of rotatable bonds is 4. The lowest BCUT2D eigenvalue weighted by Gasteiger charge is -2.21. The van der Waals surface area contributed by atoms with Gasteiger partial charge in [-0.2, -0.15) is 0 Å². The molecular formula is C13H10Cl2N4O4. The normalized spacial score (nSPS) is 11.2. The van der Waals surface area contributed by atoms with E-state index in [1.54, 1.807) is 0 Å². The lowest BCUT2D eigenvalue weighted by Crippen LogP contribution is -2.14. The van der Waals surface area contributed by atoms with Gasteiger partial charge in [0.05, 0.1) is 9.85 Å². The van der Waals surface area contributed by atoms with Crippen molar-refractivity contribution in [3.8, 4) is 0 Å². The fourth-order valence-electron chi connectivity index (χ4n) is 1.96. The number of anilines is 2. The number of hydrogen-bond acceptors (Lipinski definition) is 6. The molecule has 0 radical (unpaired) electrons. The second kappa shape index (κ2) is 5.90. The van der Waals surface area contributed by atoms with E-state index in [0.717, 1.165) is 12.1 Å². The molecule has 2 aromatic carbocycles. The first-order chi connectivity index (χ1) is 10.6. The largest absolute Gasteiger partial charge is 0.393 e. The van der Waals surface area contributed by atoms with Gasteiger partial charge in [0.15, 0.2) is 4.33 Å². The molecule has 0 aliphatic carbocycles. The lowest BCUT2D eigenvalue weighted by molar-refractivity contribution is -0.384. The molecule has 0 fully saturated rings. The van der Waals surface area contributed by atoms with Crippen LogP contribution in [-0.2, 0) is 4.33 Å². The minimum atomic E-state index is -1.75. The highest BCUT2D eigenvalue weighted by Gasteiger charge is 2.33. The predicted octanol–water partition coefficient (Wildman–Crippen LogP) is 3.35. The number of benzene rings is 2. The second-order valence-electron chi connectivity index (χ2n) is 4.64. The number of nitro benzene ring substituents is 2. The molecule has 0 spiro atoms. The predicted molar refractivity (Wildman–Crippen MR) is 87.5 cm³/mol. The van der Waals surface area contributed by atoms with Crippen molar-refractivity contribution in [2.24, 2.45) is 0 Å². The highest BCUT2D eigenvalue weighted by molar-refractivity contribution is 6.50. The summed E-state index contributed by atoms with van der Waals surface area (Å²) in [6.45, 7) is 0. The Morgan fingerprint density at radius 2 is 1.17 bits per heavy atom. The topological polar surface area (TPSA) is 138 Å². The molecule has 0 bridgehead atoms. The Morgan fingerprint density at radius 3 is 1.48 bits per heavy atom. The van der Waals surface area contributed by atoms with Crippen molar-refractivity contribution in [3.63, 3.8) is 0 Å². The first kappa shape index (κ1) is 16.8. The Balaban J connectivity index is 2.58. The van der Waals surface area contributed by atoms with Crippen LogP contribution in [0.15, 0.2) is 36.4 Å². The fraction of sp³-hybridized carbons (Fsp3) is 0.0769. The maximum Gasteiger partial charge on any atom is 0.292 e. The van der Waals surface area contributed by atoms with Gasteiger partial charge in [-0.3, -0.25) is 20.2 Å². The number of nitrogens with two attached hydrogens (primary N) is 2. The molecule has 0 saturated carbocycles. The van der Waals surface area contributed by atoms with E-state index in [9.17, 15) is 20.2 Å². The van der Waals surface area contributed by atoms with E-state index >= 15 is 0 Å². The van der Waals surface area contributed by atoms with E-state index in [2.05, 4.69) is 0 Å². The van der Waals surface area contributed by atoms with Crippen LogP contribution in [0.5, 0.6) is 0 Å². The van der Waals surface area contributed by atoms with Crippen LogP contribution in [0, 0.1) is 20.2 Å². The van der Waals surface area contributed by atoms with E-state index < -0.39 is 14.2 Å². The first-order valence-corrected chi connectivity index (χ1v) is 6.86. The molecule has 0 atom stereocenters. The SMILES string of the molecule is Nc1ccc(C(Cl)(Cl)c2ccc(N)c([N+](=O)[O-])c2)cc1[N+](=O)[O-]. The van der Waals surface area contributed by atoms with Crippen molar-refractivity contribution >= 4 is 46.0 Å². The van der Waals surface area contributed by atoms with Crippen molar-refractivity contribution < 1.29 is 9.85 Å². The molecule has 0 saturated heterocycles. The summed E-state index contributed by atoms with van der Waals surface area (Å²) in [5.41, 5.74) is 10.5. The second-order valence-corrected chi connectivity index (χ2v) is 5.96. The molecule has 120 valence electrons. The summed E-state index contributed by atoms with van der Waals surface area (Å²) in [5.74, 6) is 0. The van der Waals surface area contributed by atoms with Crippen LogP contribution in [0.1, 0.15) is 11.1 Å². The zero-order valence-electron chi connectivity index (χ0n) is 11.4. The number of nitrogen functional groups attached to an aromatic ring is 2. The molecule has 0 aliphatic heterocycles. The van der Waals surface area contributed by atoms with Gasteiger partial charge >= 0.3 is 0 Å². The zero-order valence-corrected chi connectivity index (χ0v) is 12.9. The number of alkyl halides is 2. The summed E-state index contributed by atoms with van der Waals surface area (Å²) in [4.78, 5) is 20.6.